The zero-order valence-corrected chi connectivity index (χ0v) is 20.0. The molecular formula is C27H44O3. The van der Waals surface area contributed by atoms with Gasteiger partial charge in [0, 0.05) is 6.42 Å². The maximum atomic E-state index is 12.4. The van der Waals surface area contributed by atoms with E-state index in [9.17, 15) is 9.59 Å². The highest BCUT2D eigenvalue weighted by molar-refractivity contribution is 5.87. The van der Waals surface area contributed by atoms with Crippen LogP contribution in [0.25, 0.3) is 0 Å². The minimum atomic E-state index is -0.288. The highest BCUT2D eigenvalue weighted by atomic mass is 16.6. The number of fused-ring (bicyclic) bond motifs is 5. The van der Waals surface area contributed by atoms with Crippen molar-refractivity contribution < 1.29 is 14.3 Å². The predicted molar refractivity (Wildman–Crippen MR) is 120 cm³/mol. The van der Waals surface area contributed by atoms with Crippen molar-refractivity contribution in [3.63, 3.8) is 0 Å². The maximum Gasteiger partial charge on any atom is 0.314 e. The first-order chi connectivity index (χ1) is 14.1. The largest absolute Gasteiger partial charge is 0.393 e. The van der Waals surface area contributed by atoms with Crippen molar-refractivity contribution in [1.29, 1.82) is 0 Å². The van der Waals surface area contributed by atoms with E-state index in [0.717, 1.165) is 36.0 Å². The molecule has 3 heteroatoms. The smallest absolute Gasteiger partial charge is 0.314 e. The molecule has 0 spiro atoms. The second-order valence-electron chi connectivity index (χ2n) is 12.4. The highest BCUT2D eigenvalue weighted by Gasteiger charge is 2.61. The van der Waals surface area contributed by atoms with Crippen molar-refractivity contribution in [3.8, 4) is 0 Å². The van der Waals surface area contributed by atoms with Crippen LogP contribution in [-0.2, 0) is 14.3 Å². The summed E-state index contributed by atoms with van der Waals surface area (Å²) in [7, 11) is 0. The van der Waals surface area contributed by atoms with Gasteiger partial charge in [0.25, 0.3) is 0 Å². The minimum absolute atomic E-state index is 0.0472. The Labute approximate surface area is 184 Å². The van der Waals surface area contributed by atoms with Gasteiger partial charge in [0.1, 0.15) is 0 Å². The van der Waals surface area contributed by atoms with Crippen LogP contribution in [0, 0.1) is 52.3 Å². The van der Waals surface area contributed by atoms with Gasteiger partial charge in [0.2, 0.25) is 0 Å². The van der Waals surface area contributed by atoms with E-state index < -0.39 is 0 Å². The molecule has 30 heavy (non-hydrogen) atoms. The normalized spacial score (nSPS) is 44.7. The number of hydrogen-bond donors (Lipinski definition) is 0. The molecule has 1 heterocycles. The molecule has 4 fully saturated rings. The fourth-order valence-electron chi connectivity index (χ4n) is 8.89. The molecule has 3 nitrogen and oxygen atoms in total. The summed E-state index contributed by atoms with van der Waals surface area (Å²) in [5, 5.41) is 0. The Balaban J connectivity index is 1.50. The molecule has 0 radical (unpaired) electrons. The van der Waals surface area contributed by atoms with Gasteiger partial charge in [0.05, 0.1) is 6.42 Å². The molecule has 0 aromatic carbocycles. The predicted octanol–water partition coefficient (Wildman–Crippen LogP) is 6.79. The topological polar surface area (TPSA) is 43.4 Å². The van der Waals surface area contributed by atoms with Crippen LogP contribution in [0.4, 0.5) is 0 Å². The van der Waals surface area contributed by atoms with E-state index in [1.165, 1.54) is 51.4 Å². The van der Waals surface area contributed by atoms with Gasteiger partial charge in [-0.3, -0.25) is 9.59 Å². The van der Waals surface area contributed by atoms with Crippen LogP contribution in [0.1, 0.15) is 105 Å². The Morgan fingerprint density at radius 2 is 1.63 bits per heavy atom. The zero-order chi connectivity index (χ0) is 21.7. The SMILES string of the molecule is CC(C)CCC[C@@H](C)[C@@H]1CC[C@@H]2[C@H]3CC[C@H]4CC(=O)OC(=O)C[C@]4(C)[C@@H]3CC[C@@]21C. The Bertz CT molecular complexity index is 669. The zero-order valence-electron chi connectivity index (χ0n) is 20.0. The summed E-state index contributed by atoms with van der Waals surface area (Å²) in [6, 6.07) is 0. The van der Waals surface area contributed by atoms with E-state index in [1.807, 2.05) is 0 Å². The van der Waals surface area contributed by atoms with Crippen molar-refractivity contribution in [1.82, 2.24) is 0 Å². The number of cyclic esters (lactones) is 2. The quantitative estimate of drug-likeness (QED) is 0.366. The van der Waals surface area contributed by atoms with E-state index in [1.54, 1.807) is 0 Å². The first-order valence-electron chi connectivity index (χ1n) is 12.9. The van der Waals surface area contributed by atoms with Gasteiger partial charge in [-0.05, 0) is 90.8 Å². The summed E-state index contributed by atoms with van der Waals surface area (Å²) in [5.41, 5.74) is 0.428. The number of esters is 2. The Kier molecular flexibility index (Phi) is 6.14. The third kappa shape index (κ3) is 3.77. The molecule has 8 atom stereocenters. The number of carbonyl (C=O) groups excluding carboxylic acids is 2. The molecule has 0 N–H and O–H groups in total. The molecule has 0 aromatic rings. The third-order valence-electron chi connectivity index (χ3n) is 10.4. The monoisotopic (exact) mass is 416 g/mol. The van der Waals surface area contributed by atoms with Gasteiger partial charge in [-0.2, -0.15) is 0 Å². The van der Waals surface area contributed by atoms with Gasteiger partial charge in [-0.25, -0.2) is 0 Å². The summed E-state index contributed by atoms with van der Waals surface area (Å²) < 4.78 is 5.08. The van der Waals surface area contributed by atoms with E-state index >= 15 is 0 Å². The lowest BCUT2D eigenvalue weighted by molar-refractivity contribution is -0.159. The first-order valence-corrected chi connectivity index (χ1v) is 12.9. The number of hydrogen-bond acceptors (Lipinski definition) is 3. The molecule has 1 saturated heterocycles. The molecule has 170 valence electrons. The van der Waals surface area contributed by atoms with Crippen LogP contribution in [-0.4, -0.2) is 11.9 Å². The van der Waals surface area contributed by atoms with E-state index in [2.05, 4.69) is 34.6 Å². The lowest BCUT2D eigenvalue weighted by atomic mass is 9.46. The summed E-state index contributed by atoms with van der Waals surface area (Å²) in [4.78, 5) is 24.5. The number of ether oxygens (including phenoxy) is 1. The second kappa shape index (κ2) is 8.24. The number of carbonyl (C=O) groups is 2. The fraction of sp³-hybridized carbons (Fsp3) is 0.926. The first kappa shape index (κ1) is 22.3. The van der Waals surface area contributed by atoms with Crippen molar-refractivity contribution in [2.75, 3.05) is 0 Å². The molecule has 3 aliphatic carbocycles. The van der Waals surface area contributed by atoms with Crippen LogP contribution in [0.3, 0.4) is 0 Å². The van der Waals surface area contributed by atoms with E-state index in [0.29, 0.717) is 30.1 Å². The van der Waals surface area contributed by atoms with Crippen molar-refractivity contribution in [2.24, 2.45) is 52.3 Å². The molecule has 3 saturated carbocycles. The summed E-state index contributed by atoms with van der Waals surface area (Å²) in [5.74, 6) is 4.39. The minimum Gasteiger partial charge on any atom is -0.393 e. The lowest BCUT2D eigenvalue weighted by Gasteiger charge is -2.58. The molecule has 4 rings (SSSR count). The highest BCUT2D eigenvalue weighted by Crippen LogP contribution is 2.67. The van der Waals surface area contributed by atoms with Crippen molar-refractivity contribution in [2.45, 2.75) is 105 Å². The van der Waals surface area contributed by atoms with Gasteiger partial charge >= 0.3 is 11.9 Å². The number of rotatable bonds is 5. The molecule has 0 amide bonds. The maximum absolute atomic E-state index is 12.4. The average Bonchev–Trinajstić information content (AvgIpc) is 2.94. The van der Waals surface area contributed by atoms with Gasteiger partial charge in [-0.1, -0.05) is 53.9 Å². The molecule has 0 aromatic heterocycles. The van der Waals surface area contributed by atoms with Gasteiger partial charge in [-0.15, -0.1) is 0 Å². The van der Waals surface area contributed by atoms with Crippen molar-refractivity contribution in [3.05, 3.63) is 0 Å². The van der Waals surface area contributed by atoms with Crippen LogP contribution in [0.5, 0.6) is 0 Å². The van der Waals surface area contributed by atoms with Crippen LogP contribution < -0.4 is 0 Å². The Morgan fingerprint density at radius 1 is 0.900 bits per heavy atom. The third-order valence-corrected chi connectivity index (χ3v) is 10.4. The van der Waals surface area contributed by atoms with Crippen LogP contribution in [0.15, 0.2) is 0 Å². The van der Waals surface area contributed by atoms with Crippen LogP contribution >= 0.6 is 0 Å². The molecule has 0 unspecified atom stereocenters. The van der Waals surface area contributed by atoms with E-state index in [-0.39, 0.29) is 17.4 Å². The molecule has 0 bridgehead atoms. The second-order valence-corrected chi connectivity index (χ2v) is 12.4. The summed E-state index contributed by atoms with van der Waals surface area (Å²) in [6.07, 6.45) is 12.7. The Morgan fingerprint density at radius 3 is 2.37 bits per heavy atom. The lowest BCUT2D eigenvalue weighted by Crippen LogP contribution is -2.52. The van der Waals surface area contributed by atoms with Crippen molar-refractivity contribution >= 4 is 11.9 Å². The van der Waals surface area contributed by atoms with Crippen LogP contribution in [0.2, 0.25) is 0 Å². The molecule has 4 aliphatic rings. The average molecular weight is 417 g/mol. The fourth-order valence-corrected chi connectivity index (χ4v) is 8.89. The molecular weight excluding hydrogens is 372 g/mol. The summed E-state index contributed by atoms with van der Waals surface area (Å²) >= 11 is 0. The standard InChI is InChI=1S/C27H44O3/c1-17(2)7-6-8-18(3)21-11-12-22-20-10-9-19-15-24(28)30-25(29)16-27(19,5)23(20)13-14-26(21,22)4/h17-23H,6-16H2,1-5H3/t18-,19+,20-,21+,22-,23-,26-,27+/m1/s1. The van der Waals surface area contributed by atoms with E-state index in [4.69, 9.17) is 4.74 Å². The molecule has 1 aliphatic heterocycles. The van der Waals surface area contributed by atoms with Gasteiger partial charge < -0.3 is 4.74 Å². The Hall–Kier alpha value is -0.860. The van der Waals surface area contributed by atoms with Gasteiger partial charge in [0.15, 0.2) is 0 Å². The summed E-state index contributed by atoms with van der Waals surface area (Å²) in [6.45, 7) is 12.1.